The smallest absolute Gasteiger partial charge is 0.319 e. The van der Waals surface area contributed by atoms with Crippen molar-refractivity contribution in [2.24, 2.45) is 0 Å². The van der Waals surface area contributed by atoms with E-state index in [4.69, 9.17) is 4.74 Å². The van der Waals surface area contributed by atoms with E-state index in [-0.39, 0.29) is 23.3 Å². The molecule has 1 aromatic carbocycles. The van der Waals surface area contributed by atoms with Gasteiger partial charge in [-0.05, 0) is 32.0 Å². The van der Waals surface area contributed by atoms with E-state index in [1.54, 1.807) is 19.1 Å². The lowest BCUT2D eigenvalue weighted by atomic mass is 10.1. The molecule has 1 fully saturated rings. The Bertz CT molecular complexity index is 1060. The minimum Gasteiger partial charge on any atom is -0.377 e. The Kier molecular flexibility index (Phi) is 7.06. The van der Waals surface area contributed by atoms with E-state index >= 15 is 0 Å². The molecule has 1 aliphatic heterocycles. The van der Waals surface area contributed by atoms with Crippen molar-refractivity contribution in [3.05, 3.63) is 35.8 Å². The average Bonchev–Trinajstić information content (AvgIpc) is 2.68. The number of aromatic nitrogens is 2. The van der Waals surface area contributed by atoms with E-state index in [1.165, 1.54) is 12.1 Å². The van der Waals surface area contributed by atoms with E-state index in [2.05, 4.69) is 20.6 Å². The molecule has 2 N–H and O–H groups in total. The van der Waals surface area contributed by atoms with Crippen LogP contribution in [0.25, 0.3) is 11.4 Å². The molecule has 0 radical (unpaired) electrons. The topological polar surface area (TPSA) is 114 Å². The molecule has 2 heterocycles. The van der Waals surface area contributed by atoms with Crippen molar-refractivity contribution in [3.8, 4) is 11.4 Å². The van der Waals surface area contributed by atoms with Crippen LogP contribution in [0.3, 0.4) is 0 Å². The Morgan fingerprint density at radius 1 is 1.32 bits per heavy atom. The first-order valence-corrected chi connectivity index (χ1v) is 12.0. The number of carbonyl (C=O) groups is 1. The van der Waals surface area contributed by atoms with Crippen molar-refractivity contribution in [2.45, 2.75) is 25.6 Å². The van der Waals surface area contributed by atoms with Gasteiger partial charge in [-0.2, -0.15) is 0 Å². The molecule has 1 aliphatic rings. The largest absolute Gasteiger partial charge is 0.377 e. The maximum Gasteiger partial charge on any atom is 0.319 e. The summed E-state index contributed by atoms with van der Waals surface area (Å²) in [5.41, 5.74) is 0.714. The normalized spacial score (nSPS) is 16.8. The van der Waals surface area contributed by atoms with E-state index in [0.29, 0.717) is 43.4 Å². The molecule has 2 amide bonds. The van der Waals surface area contributed by atoms with Crippen LogP contribution in [0.2, 0.25) is 0 Å². The Balaban J connectivity index is 1.99. The zero-order valence-corrected chi connectivity index (χ0v) is 18.5. The van der Waals surface area contributed by atoms with E-state index < -0.39 is 21.7 Å². The highest BCUT2D eigenvalue weighted by Crippen LogP contribution is 2.26. The molecule has 3 rings (SSSR count). The highest BCUT2D eigenvalue weighted by atomic mass is 32.2. The number of rotatable bonds is 6. The predicted octanol–water partition coefficient (Wildman–Crippen LogP) is 2.19. The number of morpholine rings is 1. The second-order valence-electron chi connectivity index (χ2n) is 7.41. The van der Waals surface area contributed by atoms with Gasteiger partial charge in [0.2, 0.25) is 0 Å². The van der Waals surface area contributed by atoms with Crippen molar-refractivity contribution in [2.75, 3.05) is 42.8 Å². The molecule has 0 bridgehead atoms. The molecule has 2 aromatic rings. The van der Waals surface area contributed by atoms with Crippen molar-refractivity contribution < 1.29 is 22.3 Å². The van der Waals surface area contributed by atoms with Crippen molar-refractivity contribution in [1.29, 1.82) is 0 Å². The van der Waals surface area contributed by atoms with Gasteiger partial charge >= 0.3 is 6.03 Å². The Labute approximate surface area is 180 Å². The van der Waals surface area contributed by atoms with Gasteiger partial charge in [0.1, 0.15) is 11.6 Å². The van der Waals surface area contributed by atoms with Gasteiger partial charge in [-0.1, -0.05) is 0 Å². The molecular formula is C20H26FN5O4S. The molecule has 1 saturated heterocycles. The van der Waals surface area contributed by atoms with Crippen LogP contribution in [0.5, 0.6) is 0 Å². The van der Waals surface area contributed by atoms with E-state index in [0.717, 1.165) is 6.26 Å². The number of benzene rings is 1. The molecule has 0 saturated carbocycles. The number of halogens is 1. The van der Waals surface area contributed by atoms with Gasteiger partial charge in [0.15, 0.2) is 15.7 Å². The molecule has 168 valence electrons. The summed E-state index contributed by atoms with van der Waals surface area (Å²) in [5.74, 6) is -0.141. The Hall–Kier alpha value is -2.79. The standard InChI is InChI=1S/C20H26FN5O4S/c1-4-22-20(27)24-17-6-5-14(9-16(17)21)19-23-15(12-31(3,28)29)10-18(25-19)26-7-8-30-11-13(26)2/h5-6,9-10,13H,4,7-8,11-12H2,1-3H3,(H2,22,24,27)/t13-/m0/s1. The number of anilines is 2. The third-order valence-corrected chi connectivity index (χ3v) is 5.47. The molecule has 31 heavy (non-hydrogen) atoms. The fourth-order valence-electron chi connectivity index (χ4n) is 3.25. The number of urea groups is 1. The number of hydrogen-bond donors (Lipinski definition) is 2. The van der Waals surface area contributed by atoms with Crippen LogP contribution >= 0.6 is 0 Å². The van der Waals surface area contributed by atoms with E-state index in [1.807, 2.05) is 11.8 Å². The zero-order valence-electron chi connectivity index (χ0n) is 17.7. The fourth-order valence-corrected chi connectivity index (χ4v) is 3.94. The second kappa shape index (κ2) is 9.56. The van der Waals surface area contributed by atoms with Gasteiger partial charge in [-0.25, -0.2) is 27.6 Å². The maximum atomic E-state index is 14.6. The minimum atomic E-state index is -3.33. The summed E-state index contributed by atoms with van der Waals surface area (Å²) in [5, 5.41) is 4.96. The number of nitrogens with zero attached hydrogens (tertiary/aromatic N) is 3. The average molecular weight is 452 g/mol. The Morgan fingerprint density at radius 3 is 2.74 bits per heavy atom. The van der Waals surface area contributed by atoms with Gasteiger partial charge in [-0.3, -0.25) is 0 Å². The van der Waals surface area contributed by atoms with Crippen LogP contribution in [0.4, 0.5) is 20.7 Å². The molecule has 1 atom stereocenters. The number of amides is 2. The number of nitrogens with one attached hydrogen (secondary N) is 2. The van der Waals surface area contributed by atoms with Gasteiger partial charge in [0.25, 0.3) is 0 Å². The fraction of sp³-hybridized carbons (Fsp3) is 0.450. The first-order chi connectivity index (χ1) is 14.7. The van der Waals surface area contributed by atoms with Crippen LogP contribution in [0.15, 0.2) is 24.3 Å². The third kappa shape index (κ3) is 6.11. The molecule has 9 nitrogen and oxygen atoms in total. The van der Waals surface area contributed by atoms with Crippen LogP contribution in [-0.2, 0) is 20.3 Å². The van der Waals surface area contributed by atoms with Gasteiger partial charge in [-0.15, -0.1) is 0 Å². The van der Waals surface area contributed by atoms with Crippen molar-refractivity contribution in [3.63, 3.8) is 0 Å². The van der Waals surface area contributed by atoms with Crippen LogP contribution in [0, 0.1) is 5.82 Å². The first-order valence-electron chi connectivity index (χ1n) is 9.91. The summed E-state index contributed by atoms with van der Waals surface area (Å²) in [4.78, 5) is 22.6. The van der Waals surface area contributed by atoms with Crippen LogP contribution < -0.4 is 15.5 Å². The lowest BCUT2D eigenvalue weighted by Crippen LogP contribution is -2.44. The molecule has 0 spiro atoms. The number of carbonyl (C=O) groups excluding carboxylic acids is 1. The molecule has 0 unspecified atom stereocenters. The van der Waals surface area contributed by atoms with Gasteiger partial charge < -0.3 is 20.3 Å². The summed E-state index contributed by atoms with van der Waals surface area (Å²) < 4.78 is 43.8. The van der Waals surface area contributed by atoms with Crippen molar-refractivity contribution in [1.82, 2.24) is 15.3 Å². The lowest BCUT2D eigenvalue weighted by molar-refractivity contribution is 0.0985. The molecule has 1 aromatic heterocycles. The van der Waals surface area contributed by atoms with Gasteiger partial charge in [0, 0.05) is 31.0 Å². The SMILES string of the molecule is CCNC(=O)Nc1ccc(-c2nc(CS(C)(=O)=O)cc(N3CCOC[C@@H]3C)n2)cc1F. The molecule has 11 heteroatoms. The summed E-state index contributed by atoms with van der Waals surface area (Å²) in [6.45, 7) is 5.80. The number of ether oxygens (including phenoxy) is 1. The summed E-state index contributed by atoms with van der Waals surface area (Å²) in [6, 6.07) is 5.40. The summed E-state index contributed by atoms with van der Waals surface area (Å²) >= 11 is 0. The minimum absolute atomic E-state index is 0.0176. The van der Waals surface area contributed by atoms with E-state index in [9.17, 15) is 17.6 Å². The second-order valence-corrected chi connectivity index (χ2v) is 9.55. The number of hydrogen-bond acceptors (Lipinski definition) is 7. The lowest BCUT2D eigenvalue weighted by Gasteiger charge is -2.34. The molecule has 0 aliphatic carbocycles. The van der Waals surface area contributed by atoms with Crippen LogP contribution in [-0.4, -0.2) is 63.0 Å². The van der Waals surface area contributed by atoms with Gasteiger partial charge in [0.05, 0.1) is 36.4 Å². The quantitative estimate of drug-likeness (QED) is 0.692. The highest BCUT2D eigenvalue weighted by molar-refractivity contribution is 7.89. The predicted molar refractivity (Wildman–Crippen MR) is 116 cm³/mol. The number of sulfone groups is 1. The third-order valence-electron chi connectivity index (χ3n) is 4.65. The zero-order chi connectivity index (χ0) is 22.6. The maximum absolute atomic E-state index is 14.6. The monoisotopic (exact) mass is 451 g/mol. The van der Waals surface area contributed by atoms with Crippen molar-refractivity contribution >= 4 is 27.4 Å². The highest BCUT2D eigenvalue weighted by Gasteiger charge is 2.23. The molecular weight excluding hydrogens is 425 g/mol. The van der Waals surface area contributed by atoms with Crippen LogP contribution in [0.1, 0.15) is 19.5 Å². The summed E-state index contributed by atoms with van der Waals surface area (Å²) in [7, 11) is -3.33. The Morgan fingerprint density at radius 2 is 2.10 bits per heavy atom. The first kappa shape index (κ1) is 22.9. The summed E-state index contributed by atoms with van der Waals surface area (Å²) in [6.07, 6.45) is 1.13.